The van der Waals surface area contributed by atoms with Gasteiger partial charge in [-0.1, -0.05) is 19.9 Å². The smallest absolute Gasteiger partial charge is 0.394 e. The maximum Gasteiger partial charge on any atom is 0.394 e. The van der Waals surface area contributed by atoms with E-state index in [0.29, 0.717) is 50.1 Å². The topological polar surface area (TPSA) is 350 Å². The van der Waals surface area contributed by atoms with Crippen LogP contribution in [-0.2, 0) is 24.7 Å². The van der Waals surface area contributed by atoms with Crippen molar-refractivity contribution in [2.75, 3.05) is 13.1 Å². The van der Waals surface area contributed by atoms with Crippen LogP contribution in [0.25, 0.3) is 0 Å². The number of aromatic hydroxyl groups is 4. The standard InChI is InChI=1S/C32H49NO9.C16H12O6.H2O4S/c1-6-18(3)25(35)41-24-11-12-26(4)19-8-9-20-28(37)13-23(34)31(39)21(29(28,38)16-30(20,26)42-32(19,24)40)15-33-14-17(2)7-10-22(33)27(31,5)36;1-5-3-7(17)9-11(13(5)19)15(21)10-8(18)4-6(2)14(20)12(10)16(9)22;1-5(2,3)4/h6,17,19-24,34,36-40H,7-16H2,1-5H3;3-4,17-20H,1-2H3;(H2,1,2,3,4). The Balaban J connectivity index is 0.000000199. The third kappa shape index (κ3) is 6.89. The van der Waals surface area contributed by atoms with Gasteiger partial charge in [-0.15, -0.1) is 0 Å². The number of carbonyl (C=O) groups is 3. The van der Waals surface area contributed by atoms with Gasteiger partial charge >= 0.3 is 16.4 Å². The second kappa shape index (κ2) is 16.1. The maximum absolute atomic E-state index is 12.9. The summed E-state index contributed by atoms with van der Waals surface area (Å²) < 4.78 is 44.2. The fourth-order valence-electron chi connectivity index (χ4n) is 14.5. The van der Waals surface area contributed by atoms with E-state index in [9.17, 15) is 65.4 Å². The lowest BCUT2D eigenvalue weighted by molar-refractivity contribution is -0.354. The van der Waals surface area contributed by atoms with Crippen LogP contribution < -0.4 is 0 Å². The van der Waals surface area contributed by atoms with E-state index < -0.39 is 120 Å². The van der Waals surface area contributed by atoms with Crippen molar-refractivity contribution in [3.8, 4) is 23.0 Å². The number of benzene rings is 2. The van der Waals surface area contributed by atoms with Gasteiger partial charge in [0.15, 0.2) is 6.10 Å². The van der Waals surface area contributed by atoms with Gasteiger partial charge in [-0.25, -0.2) is 4.79 Å². The SMILES string of the molecule is CC=C(C)C(=O)OC1CCC2(C)C3CCC4C5(O)CC(O)C6(O)C(CN7CC(C)CCC7C6(C)O)C5(O)CC42OC13O.Cc1cc(O)c2c(c1O)C(=O)c1c(O)cc(C)c(O)c1C2=O.O=S(=O)(O)O. The first-order valence-corrected chi connectivity index (χ1v) is 24.6. The zero-order valence-electron chi connectivity index (χ0n) is 39.4. The molecule has 12 N–H and O–H groups in total. The molecule has 4 bridgehead atoms. The quantitative estimate of drug-likeness (QED) is 0.0758. The number of esters is 1. The van der Waals surface area contributed by atoms with Crippen LogP contribution in [0.5, 0.6) is 23.0 Å². The number of phenolic OH excluding ortho intramolecular Hbond substituents is 4. The molecule has 69 heavy (non-hydrogen) atoms. The van der Waals surface area contributed by atoms with Crippen LogP contribution in [0.15, 0.2) is 23.8 Å². The number of ketones is 2. The van der Waals surface area contributed by atoms with E-state index in [0.717, 1.165) is 18.6 Å². The fourth-order valence-corrected chi connectivity index (χ4v) is 14.5. The molecule has 0 aromatic heterocycles. The van der Waals surface area contributed by atoms with Gasteiger partial charge in [0, 0.05) is 60.7 Å². The Morgan fingerprint density at radius 1 is 0.797 bits per heavy atom. The minimum atomic E-state index is -4.67. The number of hydrogen-bond donors (Lipinski definition) is 12. The lowest BCUT2D eigenvalue weighted by Gasteiger charge is -2.68. The number of ether oxygens (including phenoxy) is 2. The van der Waals surface area contributed by atoms with Gasteiger partial charge in [-0.3, -0.25) is 23.6 Å². The lowest BCUT2D eigenvalue weighted by Crippen LogP contribution is -2.85. The predicted octanol–water partition coefficient (Wildman–Crippen LogP) is 2.24. The number of fused-ring (bicyclic) bond motifs is 7. The molecule has 14 unspecified atom stereocenters. The molecule has 380 valence electrons. The van der Waals surface area contributed by atoms with Crippen molar-refractivity contribution in [3.05, 3.63) is 57.2 Å². The van der Waals surface area contributed by atoms with Crippen molar-refractivity contribution in [3.63, 3.8) is 0 Å². The van der Waals surface area contributed by atoms with E-state index in [1.165, 1.54) is 13.8 Å². The van der Waals surface area contributed by atoms with Crippen molar-refractivity contribution >= 4 is 27.9 Å². The third-order valence-electron chi connectivity index (χ3n) is 17.9. The molecule has 8 aliphatic rings. The molecule has 10 rings (SSSR count). The molecule has 1 spiro atoms. The van der Waals surface area contributed by atoms with Gasteiger partial charge in [-0.2, -0.15) is 8.42 Å². The van der Waals surface area contributed by atoms with Crippen molar-refractivity contribution in [1.29, 1.82) is 0 Å². The van der Waals surface area contributed by atoms with Gasteiger partial charge in [0.1, 0.15) is 45.4 Å². The number of aryl methyl sites for hydroxylation is 2. The Labute approximate surface area is 398 Å². The van der Waals surface area contributed by atoms with Gasteiger partial charge in [0.25, 0.3) is 0 Å². The van der Waals surface area contributed by atoms with Crippen molar-refractivity contribution in [2.24, 2.45) is 29.1 Å². The predicted molar refractivity (Wildman–Crippen MR) is 240 cm³/mol. The molecular weight excluding hydrogens is 927 g/mol. The Hall–Kier alpha value is -4.26. The molecule has 14 atom stereocenters. The first-order valence-electron chi connectivity index (χ1n) is 23.2. The second-order valence-corrected chi connectivity index (χ2v) is 22.3. The van der Waals surface area contributed by atoms with E-state index in [4.69, 9.17) is 27.0 Å². The number of nitrogens with zero attached hydrogens (tertiary/aromatic N) is 1. The molecule has 5 aliphatic carbocycles. The summed E-state index contributed by atoms with van der Waals surface area (Å²) in [5.74, 6) is -7.49. The molecule has 0 radical (unpaired) electrons. The number of aliphatic hydroxyl groups is 6. The summed E-state index contributed by atoms with van der Waals surface area (Å²) in [6.45, 7) is 13.0. The first-order chi connectivity index (χ1) is 31.7. The van der Waals surface area contributed by atoms with E-state index in [2.05, 4.69) is 11.8 Å². The van der Waals surface area contributed by atoms with Crippen molar-refractivity contribution in [2.45, 2.75) is 152 Å². The largest absolute Gasteiger partial charge is 0.507 e. The molecule has 20 nitrogen and oxygen atoms in total. The van der Waals surface area contributed by atoms with Crippen LogP contribution in [0.4, 0.5) is 0 Å². The Morgan fingerprint density at radius 2 is 1.32 bits per heavy atom. The summed E-state index contributed by atoms with van der Waals surface area (Å²) >= 11 is 0. The maximum atomic E-state index is 12.9. The zero-order chi connectivity index (χ0) is 51.3. The molecule has 4 saturated carbocycles. The summed E-state index contributed by atoms with van der Waals surface area (Å²) in [4.78, 5) is 40.0. The highest BCUT2D eigenvalue weighted by Crippen LogP contribution is 2.78. The second-order valence-electron chi connectivity index (χ2n) is 21.4. The van der Waals surface area contributed by atoms with E-state index >= 15 is 0 Å². The summed E-state index contributed by atoms with van der Waals surface area (Å²) in [5, 5.41) is 114. The number of rotatable bonds is 2. The Bertz CT molecular complexity index is 2610. The average molecular weight is 990 g/mol. The van der Waals surface area contributed by atoms with Crippen LogP contribution >= 0.6 is 0 Å². The number of carbonyl (C=O) groups excluding carboxylic acids is 3. The summed E-state index contributed by atoms with van der Waals surface area (Å²) in [5.41, 5.74) is -10.0. The molecule has 21 heteroatoms. The average Bonchev–Trinajstić information content (AvgIpc) is 3.41. The third-order valence-corrected chi connectivity index (χ3v) is 17.9. The van der Waals surface area contributed by atoms with Crippen LogP contribution in [-0.4, -0.2) is 156 Å². The monoisotopic (exact) mass is 989 g/mol. The Kier molecular flexibility index (Phi) is 11.9. The normalized spacial score (nSPS) is 41.7. The summed E-state index contributed by atoms with van der Waals surface area (Å²) in [7, 11) is -4.67. The van der Waals surface area contributed by atoms with Crippen molar-refractivity contribution < 1.29 is 92.4 Å². The molecule has 7 fully saturated rings. The van der Waals surface area contributed by atoms with Crippen molar-refractivity contribution in [1.82, 2.24) is 4.90 Å². The number of allylic oxidation sites excluding steroid dienone is 1. The van der Waals surface area contributed by atoms with Crippen LogP contribution in [0, 0.1) is 42.9 Å². The highest BCUT2D eigenvalue weighted by Gasteiger charge is 2.89. The summed E-state index contributed by atoms with van der Waals surface area (Å²) in [6.07, 6.45) is 2.30. The summed E-state index contributed by atoms with van der Waals surface area (Å²) in [6, 6.07) is 1.94. The van der Waals surface area contributed by atoms with E-state index in [1.807, 2.05) is 6.92 Å². The van der Waals surface area contributed by atoms with Crippen LogP contribution in [0.3, 0.4) is 0 Å². The minimum Gasteiger partial charge on any atom is -0.507 e. The molecule has 2 aromatic rings. The van der Waals surface area contributed by atoms with E-state index in [-0.39, 0.29) is 58.8 Å². The molecule has 3 aliphatic heterocycles. The molecule has 3 heterocycles. The number of aliphatic hydroxyl groups excluding tert-OH is 1. The van der Waals surface area contributed by atoms with Gasteiger partial charge in [-0.05, 0) is 102 Å². The molecule has 2 aromatic carbocycles. The zero-order valence-corrected chi connectivity index (χ0v) is 40.2. The van der Waals surface area contributed by atoms with Crippen LogP contribution in [0.1, 0.15) is 129 Å². The van der Waals surface area contributed by atoms with E-state index in [1.54, 1.807) is 26.8 Å². The molecule has 3 saturated heterocycles. The highest BCUT2D eigenvalue weighted by atomic mass is 32.3. The van der Waals surface area contributed by atoms with Gasteiger partial charge in [0.2, 0.25) is 17.4 Å². The number of piperidine rings is 2. The lowest BCUT2D eigenvalue weighted by atomic mass is 9.49. The van der Waals surface area contributed by atoms with Gasteiger partial charge < -0.3 is 60.5 Å². The minimum absolute atomic E-state index is 0.0606. The molecular formula is C48H63NO19S. The highest BCUT2D eigenvalue weighted by molar-refractivity contribution is 7.79. The van der Waals surface area contributed by atoms with Crippen LogP contribution in [0.2, 0.25) is 0 Å². The fraction of sp³-hybridized carbons (Fsp3) is 0.646. The Morgan fingerprint density at radius 3 is 1.84 bits per heavy atom. The number of phenols is 4. The molecule has 0 amide bonds. The van der Waals surface area contributed by atoms with Gasteiger partial charge in [0.05, 0.1) is 34.0 Å². The number of hydrogen-bond acceptors (Lipinski definition) is 18. The first kappa shape index (κ1) is 51.1.